The van der Waals surface area contributed by atoms with Crippen LogP contribution in [0, 0.1) is 22.6 Å². The standard InChI is InChI=1S/C24H22F4N6O3/c1-11-16(30-21-33-32-20(37-21)22-8-23(9-22,10-22)24(26,27)28)7-34(11)17-5-15(25)14(4-12(17)6-29)13-2-3-18(35)31-19(13)36/h4-5,11,13,16H,2-3,7-10H2,1H3,(H,30,33)(H,31,35,36)/t11-,13?,16+,22?,23?/m1/s1. The van der Waals surface area contributed by atoms with E-state index >= 15 is 4.39 Å². The molecule has 9 nitrogen and oxygen atoms in total. The summed E-state index contributed by atoms with van der Waals surface area (Å²) in [5, 5.41) is 22.9. The molecule has 3 heterocycles. The van der Waals surface area contributed by atoms with Gasteiger partial charge in [-0.3, -0.25) is 14.9 Å². The summed E-state index contributed by atoms with van der Waals surface area (Å²) in [6, 6.07) is 4.37. The van der Waals surface area contributed by atoms with E-state index in [-0.39, 0.29) is 67.2 Å². The fraction of sp³-hybridized carbons (Fsp3) is 0.542. The number of carbonyl (C=O) groups is 2. The number of aromatic nitrogens is 2. The molecule has 2 aromatic rings. The van der Waals surface area contributed by atoms with Crippen molar-refractivity contribution in [3.63, 3.8) is 0 Å². The molecule has 1 aromatic carbocycles. The number of nitrogens with zero attached hydrogens (tertiary/aromatic N) is 4. The van der Waals surface area contributed by atoms with Crippen molar-refractivity contribution in [1.82, 2.24) is 15.5 Å². The fourth-order valence-electron chi connectivity index (χ4n) is 6.23. The van der Waals surface area contributed by atoms with Crippen molar-refractivity contribution in [1.29, 1.82) is 5.26 Å². The molecular formula is C24H22F4N6O3. The zero-order chi connectivity index (χ0) is 26.3. The number of hydrogen-bond acceptors (Lipinski definition) is 8. The van der Waals surface area contributed by atoms with Crippen LogP contribution in [-0.2, 0) is 15.0 Å². The van der Waals surface area contributed by atoms with E-state index in [0.29, 0.717) is 12.2 Å². The van der Waals surface area contributed by atoms with Crippen molar-refractivity contribution < 1.29 is 31.6 Å². The van der Waals surface area contributed by atoms with Gasteiger partial charge < -0.3 is 14.6 Å². The highest BCUT2D eigenvalue weighted by Crippen LogP contribution is 2.78. The molecule has 2 saturated heterocycles. The molecule has 3 atom stereocenters. The number of imide groups is 1. The van der Waals surface area contributed by atoms with Gasteiger partial charge in [0.2, 0.25) is 17.7 Å². The van der Waals surface area contributed by atoms with E-state index in [1.165, 1.54) is 12.1 Å². The second-order valence-electron chi connectivity index (χ2n) is 10.7. The Morgan fingerprint density at radius 3 is 2.59 bits per heavy atom. The van der Waals surface area contributed by atoms with Crippen molar-refractivity contribution in [2.24, 2.45) is 5.41 Å². The van der Waals surface area contributed by atoms with Gasteiger partial charge in [-0.15, -0.1) is 5.10 Å². The molecular weight excluding hydrogens is 496 g/mol. The fourth-order valence-corrected chi connectivity index (χ4v) is 6.23. The first-order valence-electron chi connectivity index (χ1n) is 12.0. The lowest BCUT2D eigenvalue weighted by Crippen LogP contribution is -2.70. The van der Waals surface area contributed by atoms with E-state index in [9.17, 15) is 28.0 Å². The minimum atomic E-state index is -4.22. The SMILES string of the molecule is C[C@@H]1[C@@H](Nc2nnc(C34CC(C(F)(F)F)(C3)C4)o2)CN1c1cc(F)c(C2CCC(=O)NC2=O)cc1C#N. The molecule has 5 aliphatic rings. The van der Waals surface area contributed by atoms with Gasteiger partial charge >= 0.3 is 12.2 Å². The Labute approximate surface area is 208 Å². The summed E-state index contributed by atoms with van der Waals surface area (Å²) < 4.78 is 60.1. The molecule has 7 rings (SSSR count). The Morgan fingerprint density at radius 1 is 1.24 bits per heavy atom. The second-order valence-corrected chi connectivity index (χ2v) is 10.7. The largest absolute Gasteiger partial charge is 0.408 e. The summed E-state index contributed by atoms with van der Waals surface area (Å²) in [5.41, 5.74) is -1.65. The first-order chi connectivity index (χ1) is 17.5. The lowest BCUT2D eigenvalue weighted by molar-refractivity contribution is -0.340. The lowest BCUT2D eigenvalue weighted by atomic mass is 9.34. The van der Waals surface area contributed by atoms with Crippen LogP contribution < -0.4 is 15.5 Å². The maximum absolute atomic E-state index is 15.1. The number of amides is 2. The number of rotatable bonds is 5. The number of hydrogen-bond donors (Lipinski definition) is 2. The van der Waals surface area contributed by atoms with Gasteiger partial charge in [-0.1, -0.05) is 5.10 Å². The summed E-state index contributed by atoms with van der Waals surface area (Å²) in [7, 11) is 0. The van der Waals surface area contributed by atoms with E-state index in [0.717, 1.165) is 0 Å². The molecule has 194 valence electrons. The summed E-state index contributed by atoms with van der Waals surface area (Å²) in [6.07, 6.45) is -4.05. The van der Waals surface area contributed by atoms with Crippen LogP contribution in [0.2, 0.25) is 0 Å². The van der Waals surface area contributed by atoms with Gasteiger partial charge in [0.05, 0.1) is 34.0 Å². The van der Waals surface area contributed by atoms with Crippen LogP contribution >= 0.6 is 0 Å². The Morgan fingerprint density at radius 2 is 1.97 bits per heavy atom. The Bertz CT molecular complexity index is 1350. The Kier molecular flexibility index (Phi) is 4.90. The number of benzene rings is 1. The highest BCUT2D eigenvalue weighted by atomic mass is 19.4. The van der Waals surface area contributed by atoms with Crippen LogP contribution in [0.1, 0.15) is 62.0 Å². The third-order valence-corrected chi connectivity index (χ3v) is 8.45. The van der Waals surface area contributed by atoms with E-state index in [1.807, 2.05) is 11.8 Å². The third kappa shape index (κ3) is 3.41. The molecule has 1 unspecified atom stereocenters. The lowest BCUT2D eigenvalue weighted by Gasteiger charge is -2.68. The Hall–Kier alpha value is -3.69. The molecule has 2 bridgehead atoms. The molecule has 3 saturated carbocycles. The number of piperidine rings is 1. The van der Waals surface area contributed by atoms with Crippen molar-refractivity contribution in [3.05, 3.63) is 35.0 Å². The van der Waals surface area contributed by atoms with E-state index in [2.05, 4.69) is 26.9 Å². The molecule has 13 heteroatoms. The van der Waals surface area contributed by atoms with Crippen molar-refractivity contribution in [3.8, 4) is 6.07 Å². The highest BCUT2D eigenvalue weighted by Gasteiger charge is 2.80. The van der Waals surface area contributed by atoms with Gasteiger partial charge in [-0.2, -0.15) is 18.4 Å². The van der Waals surface area contributed by atoms with Crippen molar-refractivity contribution in [2.45, 2.75) is 68.6 Å². The summed E-state index contributed by atoms with van der Waals surface area (Å²) in [6.45, 7) is 2.24. The molecule has 0 radical (unpaired) electrons. The first kappa shape index (κ1) is 23.7. The average Bonchev–Trinajstić information content (AvgIpc) is 3.22. The third-order valence-electron chi connectivity index (χ3n) is 8.45. The van der Waals surface area contributed by atoms with Gasteiger partial charge in [-0.05, 0) is 44.7 Å². The summed E-state index contributed by atoms with van der Waals surface area (Å²) in [5.74, 6) is -2.26. The van der Waals surface area contributed by atoms with Gasteiger partial charge in [0, 0.05) is 24.6 Å². The summed E-state index contributed by atoms with van der Waals surface area (Å²) in [4.78, 5) is 25.4. The second kappa shape index (κ2) is 7.66. The maximum atomic E-state index is 15.1. The van der Waals surface area contributed by atoms with Crippen molar-refractivity contribution >= 4 is 23.5 Å². The van der Waals surface area contributed by atoms with Gasteiger partial charge in [-0.25, -0.2) is 4.39 Å². The number of anilines is 2. The molecule has 3 aliphatic carbocycles. The number of halogens is 4. The Balaban J connectivity index is 1.12. The van der Waals surface area contributed by atoms with Gasteiger partial charge in [0.1, 0.15) is 11.9 Å². The van der Waals surface area contributed by atoms with Crippen LogP contribution in [0.4, 0.5) is 29.3 Å². The number of nitrogens with one attached hydrogen (secondary N) is 2. The highest BCUT2D eigenvalue weighted by molar-refractivity contribution is 6.01. The normalized spacial score (nSPS) is 32.5. The predicted octanol–water partition coefficient (Wildman–Crippen LogP) is 3.27. The number of alkyl halides is 3. The summed E-state index contributed by atoms with van der Waals surface area (Å²) >= 11 is 0. The predicted molar refractivity (Wildman–Crippen MR) is 119 cm³/mol. The molecule has 2 amide bonds. The molecule has 37 heavy (non-hydrogen) atoms. The molecule has 2 N–H and O–H groups in total. The van der Waals surface area contributed by atoms with Gasteiger partial charge in [0.15, 0.2) is 0 Å². The molecule has 5 fully saturated rings. The van der Waals surface area contributed by atoms with E-state index in [4.69, 9.17) is 4.42 Å². The van der Waals surface area contributed by atoms with E-state index in [1.54, 1.807) is 0 Å². The average molecular weight is 518 g/mol. The van der Waals surface area contributed by atoms with E-state index < -0.39 is 40.6 Å². The van der Waals surface area contributed by atoms with Crippen LogP contribution in [0.5, 0.6) is 0 Å². The number of carbonyl (C=O) groups excluding carboxylic acids is 2. The molecule has 2 aliphatic heterocycles. The van der Waals surface area contributed by atoms with Crippen LogP contribution in [0.3, 0.4) is 0 Å². The topological polar surface area (TPSA) is 124 Å². The monoisotopic (exact) mass is 518 g/mol. The van der Waals surface area contributed by atoms with Gasteiger partial charge in [0.25, 0.3) is 0 Å². The zero-order valence-corrected chi connectivity index (χ0v) is 19.7. The minimum Gasteiger partial charge on any atom is -0.408 e. The smallest absolute Gasteiger partial charge is 0.394 e. The van der Waals surface area contributed by atoms with Crippen LogP contribution in [0.15, 0.2) is 16.5 Å². The van der Waals surface area contributed by atoms with Crippen LogP contribution in [0.25, 0.3) is 0 Å². The van der Waals surface area contributed by atoms with Crippen molar-refractivity contribution in [2.75, 3.05) is 16.8 Å². The first-order valence-corrected chi connectivity index (χ1v) is 12.0. The molecule has 0 spiro atoms. The van der Waals surface area contributed by atoms with Crippen LogP contribution in [-0.4, -0.2) is 46.8 Å². The molecule has 1 aromatic heterocycles. The quantitative estimate of drug-likeness (QED) is 0.457. The minimum absolute atomic E-state index is 0.0317. The number of nitriles is 1. The maximum Gasteiger partial charge on any atom is 0.394 e. The zero-order valence-electron chi connectivity index (χ0n) is 19.7.